The van der Waals surface area contributed by atoms with Gasteiger partial charge in [0.05, 0.1) is 0 Å². The Morgan fingerprint density at radius 2 is 0.879 bits per heavy atom. The number of hydrogen-bond acceptors (Lipinski definition) is 0. The van der Waals surface area contributed by atoms with Gasteiger partial charge in [0.15, 0.2) is 8.07 Å². The molecule has 2 aliphatic rings. The van der Waals surface area contributed by atoms with Crippen LogP contribution in [0.15, 0.2) is 121 Å². The third-order valence-corrected chi connectivity index (χ3v) is 12.8. The molecule has 0 bridgehead atoms. The molecule has 2 heterocycles. The fourth-order valence-corrected chi connectivity index (χ4v) is 12.3. The molecule has 0 saturated carbocycles. The Kier molecular flexibility index (Phi) is 3.25. The molecule has 152 valence electrons. The summed E-state index contributed by atoms with van der Waals surface area (Å²) in [4.78, 5) is 0. The first-order chi connectivity index (χ1) is 16.4. The van der Waals surface area contributed by atoms with Crippen LogP contribution in [0.1, 0.15) is 0 Å². The maximum atomic E-state index is 2.46. The molecular formula is C32H20Si. The summed E-state index contributed by atoms with van der Waals surface area (Å²) >= 11 is 0. The first-order valence-corrected chi connectivity index (χ1v) is 13.6. The van der Waals surface area contributed by atoms with Gasteiger partial charge in [0, 0.05) is 0 Å². The van der Waals surface area contributed by atoms with Crippen LogP contribution in [0.2, 0.25) is 0 Å². The molecule has 0 aliphatic carbocycles. The molecule has 1 heteroatoms. The molecule has 0 atom stereocenters. The normalized spacial score (nSPS) is 14.3. The summed E-state index contributed by atoms with van der Waals surface area (Å²) in [6, 6.07) is 45.8. The molecule has 8 rings (SSSR count). The van der Waals surface area contributed by atoms with Crippen LogP contribution < -0.4 is 20.7 Å². The summed E-state index contributed by atoms with van der Waals surface area (Å²) in [5, 5.41) is 11.6. The van der Waals surface area contributed by atoms with E-state index in [1.807, 2.05) is 0 Å². The smallest absolute Gasteiger partial charge is 0.0623 e. The highest BCUT2D eigenvalue weighted by molar-refractivity contribution is 7.24. The van der Waals surface area contributed by atoms with Gasteiger partial charge in [-0.2, -0.15) is 0 Å². The van der Waals surface area contributed by atoms with Crippen LogP contribution in [0.25, 0.3) is 43.8 Å². The van der Waals surface area contributed by atoms with Gasteiger partial charge in [-0.25, -0.2) is 0 Å². The predicted molar refractivity (Wildman–Crippen MR) is 143 cm³/mol. The van der Waals surface area contributed by atoms with Gasteiger partial charge < -0.3 is 0 Å². The third kappa shape index (κ3) is 1.98. The van der Waals surface area contributed by atoms with Gasteiger partial charge in [0.25, 0.3) is 0 Å². The highest BCUT2D eigenvalue weighted by Gasteiger charge is 2.54. The zero-order valence-electron chi connectivity index (χ0n) is 18.0. The monoisotopic (exact) mass is 432 g/mol. The molecule has 0 N–H and O–H groups in total. The van der Waals surface area contributed by atoms with Gasteiger partial charge in [-0.05, 0) is 64.5 Å². The maximum absolute atomic E-state index is 2.46. The van der Waals surface area contributed by atoms with Crippen LogP contribution in [0.3, 0.4) is 0 Å². The van der Waals surface area contributed by atoms with Crippen LogP contribution in [-0.4, -0.2) is 8.07 Å². The fraction of sp³-hybridized carbons (Fsp3) is 0. The van der Waals surface area contributed by atoms with Gasteiger partial charge in [-0.15, -0.1) is 0 Å². The summed E-state index contributed by atoms with van der Waals surface area (Å²) in [5.74, 6) is 0. The fourth-order valence-electron chi connectivity index (χ4n) is 6.68. The van der Waals surface area contributed by atoms with E-state index in [1.165, 1.54) is 59.4 Å². The highest BCUT2D eigenvalue weighted by Crippen LogP contribution is 2.40. The molecule has 1 spiro atoms. The molecule has 0 aromatic heterocycles. The van der Waals surface area contributed by atoms with Gasteiger partial charge in [0.2, 0.25) is 0 Å². The van der Waals surface area contributed by atoms with Gasteiger partial charge in [-0.3, -0.25) is 0 Å². The minimum absolute atomic E-state index is 1.31. The predicted octanol–water partition coefficient (Wildman–Crippen LogP) is 5.33. The molecule has 0 radical (unpaired) electrons. The van der Waals surface area contributed by atoms with Crippen molar-refractivity contribution in [1.29, 1.82) is 0 Å². The molecule has 33 heavy (non-hydrogen) atoms. The molecule has 6 aromatic rings. The van der Waals surface area contributed by atoms with E-state index in [0.717, 1.165) is 0 Å². The van der Waals surface area contributed by atoms with E-state index < -0.39 is 8.07 Å². The summed E-state index contributed by atoms with van der Waals surface area (Å²) in [7, 11) is -2.36. The van der Waals surface area contributed by atoms with Crippen molar-refractivity contribution in [2.75, 3.05) is 0 Å². The highest BCUT2D eigenvalue weighted by atomic mass is 28.3. The molecule has 6 aromatic carbocycles. The van der Waals surface area contributed by atoms with Crippen LogP contribution >= 0.6 is 0 Å². The Balaban J connectivity index is 1.65. The Labute approximate surface area is 193 Å². The van der Waals surface area contributed by atoms with Crippen molar-refractivity contribution in [2.45, 2.75) is 0 Å². The van der Waals surface area contributed by atoms with Crippen molar-refractivity contribution in [2.24, 2.45) is 0 Å². The van der Waals surface area contributed by atoms with Crippen molar-refractivity contribution in [3.05, 3.63) is 121 Å². The Morgan fingerprint density at radius 1 is 0.364 bits per heavy atom. The van der Waals surface area contributed by atoms with Crippen LogP contribution in [-0.2, 0) is 0 Å². The molecule has 0 amide bonds. The first-order valence-electron chi connectivity index (χ1n) is 11.6. The molecule has 0 saturated heterocycles. The lowest BCUT2D eigenvalue weighted by molar-refractivity contribution is 1.71. The van der Waals surface area contributed by atoms with Gasteiger partial charge >= 0.3 is 0 Å². The van der Waals surface area contributed by atoms with Gasteiger partial charge in [-0.1, -0.05) is 121 Å². The number of benzene rings is 6. The van der Waals surface area contributed by atoms with Crippen LogP contribution in [0, 0.1) is 0 Å². The van der Waals surface area contributed by atoms with Crippen LogP contribution in [0.4, 0.5) is 0 Å². The quantitative estimate of drug-likeness (QED) is 0.224. The van der Waals surface area contributed by atoms with E-state index in [4.69, 9.17) is 0 Å². The second-order valence-electron chi connectivity index (χ2n) is 9.26. The number of rotatable bonds is 0. The van der Waals surface area contributed by atoms with Crippen molar-refractivity contribution >= 4 is 50.4 Å². The zero-order chi connectivity index (χ0) is 21.6. The summed E-state index contributed by atoms with van der Waals surface area (Å²) in [6.07, 6.45) is 0. The molecule has 0 unspecified atom stereocenters. The van der Waals surface area contributed by atoms with Crippen molar-refractivity contribution in [3.8, 4) is 22.3 Å². The molecular weight excluding hydrogens is 412 g/mol. The molecule has 2 aliphatic heterocycles. The third-order valence-electron chi connectivity index (χ3n) is 7.87. The minimum atomic E-state index is -2.36. The average molecular weight is 433 g/mol. The molecule has 0 fully saturated rings. The maximum Gasteiger partial charge on any atom is 0.182 e. The van der Waals surface area contributed by atoms with E-state index in [1.54, 1.807) is 5.19 Å². The number of hydrogen-bond donors (Lipinski definition) is 0. The minimum Gasteiger partial charge on any atom is -0.0623 e. The average Bonchev–Trinajstić information content (AvgIpc) is 3.36. The van der Waals surface area contributed by atoms with Gasteiger partial charge in [0.1, 0.15) is 0 Å². The van der Waals surface area contributed by atoms with E-state index in [9.17, 15) is 0 Å². The molecule has 0 nitrogen and oxygen atoms in total. The lowest BCUT2D eigenvalue weighted by Gasteiger charge is -2.27. The van der Waals surface area contributed by atoms with E-state index in [0.29, 0.717) is 0 Å². The van der Waals surface area contributed by atoms with Crippen molar-refractivity contribution < 1.29 is 0 Å². The topological polar surface area (TPSA) is 0 Å². The summed E-state index contributed by atoms with van der Waals surface area (Å²) < 4.78 is 0. The van der Waals surface area contributed by atoms with E-state index in [-0.39, 0.29) is 0 Å². The first kappa shape index (κ1) is 17.6. The second kappa shape index (κ2) is 6.09. The Hall–Kier alpha value is -3.94. The largest absolute Gasteiger partial charge is 0.182 e. The Morgan fingerprint density at radius 3 is 1.61 bits per heavy atom. The van der Waals surface area contributed by atoms with E-state index in [2.05, 4.69) is 121 Å². The second-order valence-corrected chi connectivity index (χ2v) is 12.9. The number of fused-ring (bicyclic) bond motifs is 14. The summed E-state index contributed by atoms with van der Waals surface area (Å²) in [6.45, 7) is 0. The Bertz CT molecular complexity index is 1730. The van der Waals surface area contributed by atoms with Crippen molar-refractivity contribution in [1.82, 2.24) is 0 Å². The van der Waals surface area contributed by atoms with Crippen molar-refractivity contribution in [3.63, 3.8) is 0 Å². The van der Waals surface area contributed by atoms with Crippen LogP contribution in [0.5, 0.6) is 0 Å². The standard InChI is InChI=1S/C32H20Si/c1-2-10-23-21(9-1)17-18-22-19-20-30-32(31(22)23)26-13-5-8-16-29(26)33(30)27-14-6-3-11-24(27)25-12-4-7-15-28(25)33/h1-20H. The van der Waals surface area contributed by atoms with E-state index >= 15 is 0 Å². The lowest BCUT2D eigenvalue weighted by atomic mass is 9.94. The lowest BCUT2D eigenvalue weighted by Crippen LogP contribution is -2.70. The SMILES string of the molecule is c1ccc2c(c1)-c1ccccc1[Si]21c2ccccc2-c2c1ccc1ccc3ccccc3c21. The summed E-state index contributed by atoms with van der Waals surface area (Å²) in [5.41, 5.74) is 5.71. The zero-order valence-corrected chi connectivity index (χ0v) is 19.0.